The van der Waals surface area contributed by atoms with E-state index in [0.717, 1.165) is 11.4 Å². The van der Waals surface area contributed by atoms with Crippen molar-refractivity contribution in [3.8, 4) is 0 Å². The fraction of sp³-hybridized carbons (Fsp3) is 0.154. The molecule has 98 valence electrons. The third-order valence-electron chi connectivity index (χ3n) is 2.66. The fourth-order valence-corrected chi connectivity index (χ4v) is 1.89. The maximum Gasteiger partial charge on any atom is 0.339 e. The minimum Gasteiger partial charge on any atom is -0.465 e. The van der Waals surface area contributed by atoms with E-state index in [4.69, 9.17) is 18.0 Å². The van der Waals surface area contributed by atoms with Gasteiger partial charge in [0, 0.05) is 12.4 Å². The van der Waals surface area contributed by atoms with Crippen LogP contribution in [0.25, 0.3) is 0 Å². The third kappa shape index (κ3) is 2.97. The summed E-state index contributed by atoms with van der Waals surface area (Å²) < 4.78 is 6.52. The number of hydrogen-bond acceptors (Lipinski definition) is 4. The van der Waals surface area contributed by atoms with Gasteiger partial charge in [0.1, 0.15) is 4.99 Å². The number of methoxy groups -OCH3 is 1. The van der Waals surface area contributed by atoms with Gasteiger partial charge in [-0.15, -0.1) is 0 Å². The molecule has 6 heteroatoms. The molecule has 19 heavy (non-hydrogen) atoms. The lowest BCUT2D eigenvalue weighted by molar-refractivity contribution is 0.0600. The van der Waals surface area contributed by atoms with Crippen molar-refractivity contribution in [3.05, 3.63) is 53.6 Å². The summed E-state index contributed by atoms with van der Waals surface area (Å²) in [4.78, 5) is 15.8. The highest BCUT2D eigenvalue weighted by Crippen LogP contribution is 2.08. The van der Waals surface area contributed by atoms with E-state index < -0.39 is 5.97 Å². The van der Waals surface area contributed by atoms with E-state index in [9.17, 15) is 4.79 Å². The van der Waals surface area contributed by atoms with Crippen LogP contribution in [-0.2, 0) is 11.3 Å². The van der Waals surface area contributed by atoms with E-state index in [1.807, 2.05) is 22.9 Å². The Labute approximate surface area is 116 Å². The Hall–Kier alpha value is -2.21. The highest BCUT2D eigenvalue weighted by Gasteiger charge is 2.07. The number of carbonyl (C=O) groups is 1. The van der Waals surface area contributed by atoms with E-state index in [-0.39, 0.29) is 0 Å². The first-order chi connectivity index (χ1) is 9.11. The summed E-state index contributed by atoms with van der Waals surface area (Å²) in [6.07, 6.45) is 3.37. The van der Waals surface area contributed by atoms with Gasteiger partial charge in [-0.1, -0.05) is 12.2 Å². The molecule has 2 N–H and O–H groups in total. The largest absolute Gasteiger partial charge is 0.465 e. The van der Waals surface area contributed by atoms with Crippen LogP contribution < -0.4 is 5.73 Å². The van der Waals surface area contributed by atoms with Crippen LogP contribution in [0.15, 0.2) is 36.7 Å². The smallest absolute Gasteiger partial charge is 0.339 e. The Morgan fingerprint density at radius 2 is 2.26 bits per heavy atom. The molecule has 0 spiro atoms. The Morgan fingerprint density at radius 3 is 2.84 bits per heavy atom. The lowest BCUT2D eigenvalue weighted by Crippen LogP contribution is -2.16. The lowest BCUT2D eigenvalue weighted by atomic mass is 10.2. The van der Waals surface area contributed by atoms with E-state index in [0.29, 0.717) is 17.1 Å². The summed E-state index contributed by atoms with van der Waals surface area (Å²) in [5, 5.41) is 0. The van der Waals surface area contributed by atoms with Crippen molar-refractivity contribution in [1.29, 1.82) is 0 Å². The van der Waals surface area contributed by atoms with Crippen LogP contribution in [0.1, 0.15) is 21.7 Å². The molecule has 0 bridgehead atoms. The third-order valence-corrected chi connectivity index (χ3v) is 2.87. The second-order valence-electron chi connectivity index (χ2n) is 3.92. The van der Waals surface area contributed by atoms with Crippen LogP contribution in [0.3, 0.4) is 0 Å². The van der Waals surface area contributed by atoms with E-state index in [2.05, 4.69) is 9.72 Å². The minimum absolute atomic E-state index is 0.344. The summed E-state index contributed by atoms with van der Waals surface area (Å²) in [5.41, 5.74) is 7.64. The van der Waals surface area contributed by atoms with Crippen LogP contribution in [0, 0.1) is 0 Å². The molecule has 2 aromatic heterocycles. The van der Waals surface area contributed by atoms with Gasteiger partial charge in [-0.25, -0.2) is 4.79 Å². The van der Waals surface area contributed by atoms with Gasteiger partial charge in [0.15, 0.2) is 0 Å². The molecule has 0 radical (unpaired) electrons. The second kappa shape index (κ2) is 5.62. The quantitative estimate of drug-likeness (QED) is 0.674. The number of nitrogens with zero attached hydrogens (tertiary/aromatic N) is 2. The van der Waals surface area contributed by atoms with Gasteiger partial charge in [0.05, 0.1) is 30.6 Å². The average Bonchev–Trinajstić information content (AvgIpc) is 2.87. The van der Waals surface area contributed by atoms with Crippen molar-refractivity contribution in [2.75, 3.05) is 7.11 Å². The SMILES string of the molecule is COC(=O)c1ccc(Cn2cccc2C(N)=S)nc1. The van der Waals surface area contributed by atoms with Gasteiger partial charge < -0.3 is 15.0 Å². The van der Waals surface area contributed by atoms with Gasteiger partial charge in [0.2, 0.25) is 0 Å². The number of thiocarbonyl (C=S) groups is 1. The topological polar surface area (TPSA) is 70.1 Å². The average molecular weight is 275 g/mol. The predicted octanol–water partition coefficient (Wildman–Crippen LogP) is 1.35. The molecule has 2 heterocycles. The number of esters is 1. The van der Waals surface area contributed by atoms with Crippen molar-refractivity contribution in [2.24, 2.45) is 5.73 Å². The number of pyridine rings is 1. The zero-order valence-corrected chi connectivity index (χ0v) is 11.2. The van der Waals surface area contributed by atoms with Gasteiger partial charge in [-0.3, -0.25) is 4.98 Å². The molecule has 0 aliphatic heterocycles. The number of hydrogen-bond donors (Lipinski definition) is 1. The molecule has 0 aromatic carbocycles. The predicted molar refractivity (Wildman–Crippen MR) is 75.0 cm³/mol. The van der Waals surface area contributed by atoms with Crippen LogP contribution in [0.4, 0.5) is 0 Å². The van der Waals surface area contributed by atoms with Crippen LogP contribution >= 0.6 is 12.2 Å². The lowest BCUT2D eigenvalue weighted by Gasteiger charge is -2.08. The van der Waals surface area contributed by atoms with Gasteiger partial charge in [-0.2, -0.15) is 0 Å². The first-order valence-electron chi connectivity index (χ1n) is 5.60. The Bertz CT molecular complexity index is 605. The Kier molecular flexibility index (Phi) is 3.91. The molecule has 5 nitrogen and oxygen atoms in total. The highest BCUT2D eigenvalue weighted by molar-refractivity contribution is 7.80. The normalized spacial score (nSPS) is 10.2. The molecular weight excluding hydrogens is 262 g/mol. The molecule has 0 saturated heterocycles. The van der Waals surface area contributed by atoms with E-state index in [1.54, 1.807) is 12.1 Å². The first-order valence-corrected chi connectivity index (χ1v) is 6.01. The maximum absolute atomic E-state index is 11.3. The molecule has 0 aliphatic rings. The first kappa shape index (κ1) is 13.2. The van der Waals surface area contributed by atoms with Crippen molar-refractivity contribution >= 4 is 23.2 Å². The van der Waals surface area contributed by atoms with Crippen LogP contribution in [0.5, 0.6) is 0 Å². The van der Waals surface area contributed by atoms with Crippen molar-refractivity contribution in [1.82, 2.24) is 9.55 Å². The molecular formula is C13H13N3O2S. The Morgan fingerprint density at radius 1 is 1.47 bits per heavy atom. The van der Waals surface area contributed by atoms with Crippen molar-refractivity contribution in [3.63, 3.8) is 0 Å². The maximum atomic E-state index is 11.3. The van der Waals surface area contributed by atoms with Crippen molar-refractivity contribution in [2.45, 2.75) is 6.54 Å². The summed E-state index contributed by atoms with van der Waals surface area (Å²) in [6, 6.07) is 7.18. The molecule has 0 fully saturated rings. The van der Waals surface area contributed by atoms with Gasteiger partial charge in [0.25, 0.3) is 0 Å². The van der Waals surface area contributed by atoms with Gasteiger partial charge >= 0.3 is 5.97 Å². The zero-order chi connectivity index (χ0) is 13.8. The monoisotopic (exact) mass is 275 g/mol. The molecule has 0 amide bonds. The fourth-order valence-electron chi connectivity index (χ4n) is 1.71. The van der Waals surface area contributed by atoms with Crippen LogP contribution in [-0.4, -0.2) is 27.6 Å². The minimum atomic E-state index is -0.399. The number of carbonyl (C=O) groups excluding carboxylic acids is 1. The summed E-state index contributed by atoms with van der Waals surface area (Å²) in [6.45, 7) is 0.543. The van der Waals surface area contributed by atoms with Crippen molar-refractivity contribution < 1.29 is 9.53 Å². The molecule has 0 saturated carbocycles. The molecule has 2 rings (SSSR count). The molecule has 2 aromatic rings. The highest BCUT2D eigenvalue weighted by atomic mass is 32.1. The zero-order valence-electron chi connectivity index (χ0n) is 10.4. The van der Waals surface area contributed by atoms with Gasteiger partial charge in [-0.05, 0) is 24.3 Å². The number of ether oxygens (including phenoxy) is 1. The van der Waals surface area contributed by atoms with E-state index in [1.165, 1.54) is 13.3 Å². The Balaban J connectivity index is 2.17. The summed E-state index contributed by atoms with van der Waals surface area (Å²) in [5.74, 6) is -0.399. The summed E-state index contributed by atoms with van der Waals surface area (Å²) >= 11 is 4.97. The van der Waals surface area contributed by atoms with Crippen LogP contribution in [0.2, 0.25) is 0 Å². The molecule has 0 aliphatic carbocycles. The second-order valence-corrected chi connectivity index (χ2v) is 4.36. The molecule has 0 unspecified atom stereocenters. The molecule has 0 atom stereocenters. The number of rotatable bonds is 4. The number of nitrogens with two attached hydrogens (primary N) is 1. The summed E-state index contributed by atoms with van der Waals surface area (Å²) in [7, 11) is 1.34. The number of aromatic nitrogens is 2. The standard InChI is InChI=1S/C13H13N3O2S/c1-18-13(17)9-4-5-10(15-7-9)8-16-6-2-3-11(16)12(14)19/h2-7H,8H2,1H3,(H2,14,19). The van der Waals surface area contributed by atoms with E-state index >= 15 is 0 Å².